The van der Waals surface area contributed by atoms with E-state index in [2.05, 4.69) is 27.2 Å². The summed E-state index contributed by atoms with van der Waals surface area (Å²) < 4.78 is 0.491. The van der Waals surface area contributed by atoms with Gasteiger partial charge in [0, 0.05) is 16.6 Å². The van der Waals surface area contributed by atoms with Crippen LogP contribution in [-0.4, -0.2) is 23.0 Å². The molecule has 6 heteroatoms. The first kappa shape index (κ1) is 14.1. The fraction of sp³-hybridized carbons (Fsp3) is 0.167. The quantitative estimate of drug-likeness (QED) is 0.717. The monoisotopic (exact) mass is 310 g/mol. The molecule has 0 saturated carbocycles. The smallest absolute Gasteiger partial charge is 0.327 e. The first-order valence-corrected chi connectivity index (χ1v) is 5.77. The third-order valence-electron chi connectivity index (χ3n) is 2.21. The molecule has 18 heavy (non-hydrogen) atoms. The lowest BCUT2D eigenvalue weighted by Gasteiger charge is -2.16. The molecule has 0 heterocycles. The fourth-order valence-corrected chi connectivity index (χ4v) is 1.96. The second kappa shape index (κ2) is 6.07. The third-order valence-corrected chi connectivity index (χ3v) is 2.87. The number of rotatable bonds is 5. The number of amides is 1. The van der Waals surface area contributed by atoms with Crippen LogP contribution < -0.4 is 11.1 Å². The van der Waals surface area contributed by atoms with Crippen LogP contribution in [0.15, 0.2) is 22.7 Å². The van der Waals surface area contributed by atoms with Crippen LogP contribution in [0.2, 0.25) is 0 Å². The molecule has 1 atom stereocenters. The van der Waals surface area contributed by atoms with Crippen LogP contribution in [0.1, 0.15) is 16.8 Å². The van der Waals surface area contributed by atoms with E-state index in [1.54, 1.807) is 18.2 Å². The summed E-state index contributed by atoms with van der Waals surface area (Å²) in [5.41, 5.74) is 5.77. The maximum absolute atomic E-state index is 11.3. The number of nitrogens with one attached hydrogen (secondary N) is 1. The van der Waals surface area contributed by atoms with Gasteiger partial charge >= 0.3 is 5.97 Å². The summed E-state index contributed by atoms with van der Waals surface area (Å²) in [6.07, 6.45) is 5.09. The van der Waals surface area contributed by atoms with Crippen molar-refractivity contribution in [3.05, 3.63) is 28.2 Å². The third kappa shape index (κ3) is 3.25. The first-order valence-electron chi connectivity index (χ1n) is 4.98. The molecular weight excluding hydrogens is 300 g/mol. The van der Waals surface area contributed by atoms with E-state index in [9.17, 15) is 9.59 Å². The highest BCUT2D eigenvalue weighted by molar-refractivity contribution is 9.10. The zero-order valence-corrected chi connectivity index (χ0v) is 10.9. The van der Waals surface area contributed by atoms with Crippen LogP contribution in [0.3, 0.4) is 0 Å². The van der Waals surface area contributed by atoms with Crippen molar-refractivity contribution in [2.24, 2.45) is 5.73 Å². The zero-order valence-electron chi connectivity index (χ0n) is 9.31. The van der Waals surface area contributed by atoms with E-state index in [0.717, 1.165) is 0 Å². The number of halogens is 1. The van der Waals surface area contributed by atoms with E-state index in [1.165, 1.54) is 0 Å². The molecule has 1 unspecified atom stereocenters. The molecule has 0 aliphatic carbocycles. The van der Waals surface area contributed by atoms with Crippen molar-refractivity contribution >= 4 is 33.5 Å². The second-order valence-corrected chi connectivity index (χ2v) is 4.32. The van der Waals surface area contributed by atoms with Crippen molar-refractivity contribution in [3.8, 4) is 12.3 Å². The Kier molecular flexibility index (Phi) is 4.75. The maximum Gasteiger partial charge on any atom is 0.327 e. The Morgan fingerprint density at radius 2 is 2.22 bits per heavy atom. The van der Waals surface area contributed by atoms with Crippen LogP contribution in [0.4, 0.5) is 5.69 Å². The van der Waals surface area contributed by atoms with Crippen LogP contribution in [-0.2, 0) is 4.79 Å². The SMILES string of the molecule is C#CCC(Nc1cccc(Br)c1C(N)=O)C(=O)O. The Hall–Kier alpha value is -2.00. The van der Waals surface area contributed by atoms with E-state index in [4.69, 9.17) is 17.3 Å². The molecule has 1 amide bonds. The van der Waals surface area contributed by atoms with Gasteiger partial charge in [-0.3, -0.25) is 4.79 Å². The largest absolute Gasteiger partial charge is 0.480 e. The summed E-state index contributed by atoms with van der Waals surface area (Å²) in [4.78, 5) is 22.3. The number of primary amides is 1. The number of hydrogen-bond donors (Lipinski definition) is 3. The van der Waals surface area contributed by atoms with Gasteiger partial charge in [-0.1, -0.05) is 6.07 Å². The summed E-state index contributed by atoms with van der Waals surface area (Å²) in [6, 6.07) is 3.90. The number of anilines is 1. The van der Waals surface area contributed by atoms with Crippen molar-refractivity contribution in [1.82, 2.24) is 0 Å². The van der Waals surface area contributed by atoms with Gasteiger partial charge in [0.15, 0.2) is 0 Å². The van der Waals surface area contributed by atoms with Crippen LogP contribution in [0.5, 0.6) is 0 Å². The van der Waals surface area contributed by atoms with Gasteiger partial charge in [-0.2, -0.15) is 0 Å². The lowest BCUT2D eigenvalue weighted by molar-refractivity contribution is -0.137. The van der Waals surface area contributed by atoms with Crippen molar-refractivity contribution in [1.29, 1.82) is 0 Å². The average Bonchev–Trinajstić information content (AvgIpc) is 2.27. The molecule has 5 nitrogen and oxygen atoms in total. The van der Waals surface area contributed by atoms with Crippen LogP contribution >= 0.6 is 15.9 Å². The highest BCUT2D eigenvalue weighted by atomic mass is 79.9. The van der Waals surface area contributed by atoms with Gasteiger partial charge in [0.25, 0.3) is 5.91 Å². The summed E-state index contributed by atoms with van der Waals surface area (Å²) in [5, 5.41) is 11.7. The Labute approximate surface area is 112 Å². The summed E-state index contributed by atoms with van der Waals surface area (Å²) >= 11 is 3.19. The van der Waals surface area contributed by atoms with Gasteiger partial charge in [-0.15, -0.1) is 12.3 Å². The van der Waals surface area contributed by atoms with Crippen molar-refractivity contribution in [2.75, 3.05) is 5.32 Å². The molecule has 0 saturated heterocycles. The fourth-order valence-electron chi connectivity index (χ4n) is 1.40. The van der Waals surface area contributed by atoms with E-state index in [-0.39, 0.29) is 12.0 Å². The lowest BCUT2D eigenvalue weighted by atomic mass is 10.1. The predicted octanol–water partition coefficient (Wildman–Crippen LogP) is 1.44. The van der Waals surface area contributed by atoms with Crippen molar-refractivity contribution < 1.29 is 14.7 Å². The molecule has 4 N–H and O–H groups in total. The topological polar surface area (TPSA) is 92.4 Å². The van der Waals surface area contributed by atoms with E-state index in [1.807, 2.05) is 0 Å². The molecule has 1 aromatic rings. The molecule has 0 radical (unpaired) electrons. The average molecular weight is 311 g/mol. The van der Waals surface area contributed by atoms with Gasteiger partial charge in [-0.05, 0) is 28.1 Å². The minimum Gasteiger partial charge on any atom is -0.480 e. The van der Waals surface area contributed by atoms with Gasteiger partial charge in [-0.25, -0.2) is 4.79 Å². The molecule has 0 aliphatic heterocycles. The number of aliphatic carboxylic acids is 1. The number of carbonyl (C=O) groups is 2. The molecule has 0 spiro atoms. The number of benzene rings is 1. The van der Waals surface area contributed by atoms with Gasteiger partial charge in [0.05, 0.1) is 5.56 Å². The molecule has 0 aliphatic rings. The standard InChI is InChI=1S/C12H11BrN2O3/c1-2-4-9(12(17)18)15-8-6-3-5-7(13)10(8)11(14)16/h1,3,5-6,9,15H,4H2,(H2,14,16)(H,17,18). The first-order chi connectivity index (χ1) is 8.47. The van der Waals surface area contributed by atoms with E-state index >= 15 is 0 Å². The number of hydrogen-bond acceptors (Lipinski definition) is 3. The number of carboxylic acids is 1. The molecule has 1 rings (SSSR count). The van der Waals surface area contributed by atoms with Gasteiger partial charge < -0.3 is 16.2 Å². The summed E-state index contributed by atoms with van der Waals surface area (Å²) in [6.45, 7) is 0. The molecule has 1 aromatic carbocycles. The van der Waals surface area contributed by atoms with Crippen LogP contribution in [0, 0.1) is 12.3 Å². The van der Waals surface area contributed by atoms with E-state index in [0.29, 0.717) is 10.2 Å². The molecular formula is C12H11BrN2O3. The second-order valence-electron chi connectivity index (χ2n) is 3.47. The lowest BCUT2D eigenvalue weighted by Crippen LogP contribution is -2.30. The Balaban J connectivity index is 3.10. The van der Waals surface area contributed by atoms with Crippen molar-refractivity contribution in [3.63, 3.8) is 0 Å². The molecule has 94 valence electrons. The molecule has 0 fully saturated rings. The van der Waals surface area contributed by atoms with Crippen molar-refractivity contribution in [2.45, 2.75) is 12.5 Å². The normalized spacial score (nSPS) is 11.3. The zero-order chi connectivity index (χ0) is 13.7. The Bertz CT molecular complexity index is 523. The number of nitrogens with two attached hydrogens (primary N) is 1. The van der Waals surface area contributed by atoms with Gasteiger partial charge in [0.1, 0.15) is 6.04 Å². The number of carbonyl (C=O) groups excluding carboxylic acids is 1. The maximum atomic E-state index is 11.3. The molecule has 0 bridgehead atoms. The Morgan fingerprint density at radius 3 is 2.72 bits per heavy atom. The van der Waals surface area contributed by atoms with Gasteiger partial charge in [0.2, 0.25) is 0 Å². The highest BCUT2D eigenvalue weighted by Crippen LogP contribution is 2.25. The predicted molar refractivity (Wildman–Crippen MR) is 71.2 cm³/mol. The number of terminal acetylenes is 1. The summed E-state index contributed by atoms with van der Waals surface area (Å²) in [5.74, 6) is 0.510. The minimum atomic E-state index is -1.09. The minimum absolute atomic E-state index is 0.0000482. The summed E-state index contributed by atoms with van der Waals surface area (Å²) in [7, 11) is 0. The Morgan fingerprint density at radius 1 is 1.56 bits per heavy atom. The molecule has 0 aromatic heterocycles. The number of carboxylic acid groups (broad SMARTS) is 1. The highest BCUT2D eigenvalue weighted by Gasteiger charge is 2.19. The van der Waals surface area contributed by atoms with Crippen LogP contribution in [0.25, 0.3) is 0 Å². The van der Waals surface area contributed by atoms with E-state index < -0.39 is 17.9 Å².